The van der Waals surface area contributed by atoms with E-state index in [-0.39, 0.29) is 0 Å². The van der Waals surface area contributed by atoms with Crippen molar-refractivity contribution in [2.75, 3.05) is 5.75 Å². The zero-order chi connectivity index (χ0) is 23.3. The lowest BCUT2D eigenvalue weighted by Crippen LogP contribution is -2.07. The summed E-state index contributed by atoms with van der Waals surface area (Å²) in [5, 5.41) is 0.642. The summed E-state index contributed by atoms with van der Waals surface area (Å²) in [5.74, 6) is 0.794. The highest BCUT2D eigenvalue weighted by Gasteiger charge is 2.30. The molecule has 0 aliphatic heterocycles. The summed E-state index contributed by atoms with van der Waals surface area (Å²) in [6.45, 7) is 5.61. The Labute approximate surface area is 193 Å². The van der Waals surface area contributed by atoms with Crippen molar-refractivity contribution in [2.24, 2.45) is 0 Å². The van der Waals surface area contributed by atoms with Crippen LogP contribution in [0.1, 0.15) is 41.3 Å². The van der Waals surface area contributed by atoms with Crippen LogP contribution >= 0.6 is 23.1 Å². The van der Waals surface area contributed by atoms with Crippen molar-refractivity contribution in [3.8, 4) is 5.75 Å². The van der Waals surface area contributed by atoms with E-state index >= 15 is 0 Å². The van der Waals surface area contributed by atoms with E-state index in [4.69, 9.17) is 9.78 Å². The highest BCUT2D eigenvalue weighted by Crippen LogP contribution is 2.37. The molecule has 0 radical (unpaired) electrons. The first-order chi connectivity index (χ1) is 15.2. The van der Waals surface area contributed by atoms with Crippen LogP contribution in [0.4, 0.5) is 13.2 Å². The summed E-state index contributed by atoms with van der Waals surface area (Å²) in [6, 6.07) is 9.48. The number of halogens is 3. The van der Waals surface area contributed by atoms with E-state index in [0.29, 0.717) is 29.7 Å². The van der Waals surface area contributed by atoms with Gasteiger partial charge >= 0.3 is 12.1 Å². The standard InChI is InChI=1S/C24H23F3O3S2/c1-4-6-23(28)30-29-20-10-9-18(13-15(20)2)31-12-5-7-21-16(3)19-14-17(24(25,26)27)8-11-22(19)32-21/h5,7-11,13-14H,4,6,12H2,1-3H3. The topological polar surface area (TPSA) is 35.5 Å². The Balaban J connectivity index is 1.61. The molecule has 0 saturated heterocycles. The molecule has 2 aromatic carbocycles. The van der Waals surface area contributed by atoms with Gasteiger partial charge in [-0.1, -0.05) is 13.0 Å². The first-order valence-corrected chi connectivity index (χ1v) is 11.9. The third-order valence-corrected chi connectivity index (χ3v) is 6.93. The van der Waals surface area contributed by atoms with Crippen LogP contribution in [0.25, 0.3) is 16.2 Å². The number of thiophene rings is 1. The number of benzene rings is 2. The number of hydrogen-bond acceptors (Lipinski definition) is 5. The molecule has 1 aromatic heterocycles. The molecular formula is C24H23F3O3S2. The lowest BCUT2D eigenvalue weighted by molar-refractivity contribution is -0.214. The molecule has 0 saturated carbocycles. The maximum atomic E-state index is 13.0. The largest absolute Gasteiger partial charge is 0.416 e. The summed E-state index contributed by atoms with van der Waals surface area (Å²) in [7, 11) is 0. The Morgan fingerprint density at radius 3 is 2.62 bits per heavy atom. The highest BCUT2D eigenvalue weighted by molar-refractivity contribution is 7.99. The van der Waals surface area contributed by atoms with Crippen LogP contribution in [0, 0.1) is 13.8 Å². The van der Waals surface area contributed by atoms with E-state index in [9.17, 15) is 18.0 Å². The SMILES string of the molecule is CCCC(=O)OOc1ccc(SCC=Cc2sc3ccc(C(F)(F)F)cc3c2C)cc1C. The van der Waals surface area contributed by atoms with E-state index in [1.807, 2.05) is 45.1 Å². The molecule has 170 valence electrons. The van der Waals surface area contributed by atoms with Crippen molar-refractivity contribution in [3.05, 3.63) is 64.0 Å². The third kappa shape index (κ3) is 6.07. The van der Waals surface area contributed by atoms with Crippen molar-refractivity contribution in [3.63, 3.8) is 0 Å². The lowest BCUT2D eigenvalue weighted by atomic mass is 10.1. The minimum Gasteiger partial charge on any atom is -0.287 e. The number of thioether (sulfide) groups is 1. The second-order valence-electron chi connectivity index (χ2n) is 7.23. The van der Waals surface area contributed by atoms with Crippen molar-refractivity contribution < 1.29 is 27.7 Å². The zero-order valence-corrected chi connectivity index (χ0v) is 19.5. The molecule has 3 rings (SSSR count). The molecule has 0 atom stereocenters. The van der Waals surface area contributed by atoms with Crippen LogP contribution in [0.2, 0.25) is 0 Å². The molecule has 0 unspecified atom stereocenters. The second kappa shape index (κ2) is 10.4. The van der Waals surface area contributed by atoms with Crippen LogP contribution in [-0.4, -0.2) is 11.7 Å². The molecular weight excluding hydrogens is 457 g/mol. The van der Waals surface area contributed by atoms with E-state index in [0.717, 1.165) is 31.7 Å². The maximum absolute atomic E-state index is 13.0. The predicted molar refractivity (Wildman–Crippen MR) is 124 cm³/mol. The molecule has 0 fully saturated rings. The molecule has 0 spiro atoms. The van der Waals surface area contributed by atoms with Gasteiger partial charge in [-0.25, -0.2) is 4.79 Å². The van der Waals surface area contributed by atoms with Gasteiger partial charge < -0.3 is 0 Å². The number of hydrogen-bond donors (Lipinski definition) is 0. The van der Waals surface area contributed by atoms with Crippen LogP contribution in [-0.2, 0) is 15.9 Å². The summed E-state index contributed by atoms with van der Waals surface area (Å²) >= 11 is 3.10. The van der Waals surface area contributed by atoms with Crippen molar-refractivity contribution >= 4 is 45.2 Å². The van der Waals surface area contributed by atoms with Gasteiger partial charge in [-0.05, 0) is 79.3 Å². The van der Waals surface area contributed by atoms with E-state index < -0.39 is 17.7 Å². The van der Waals surface area contributed by atoms with E-state index in [1.54, 1.807) is 17.8 Å². The number of aryl methyl sites for hydroxylation is 2. The van der Waals surface area contributed by atoms with Crippen molar-refractivity contribution in [1.82, 2.24) is 0 Å². The summed E-state index contributed by atoms with van der Waals surface area (Å²) < 4.78 is 39.8. The molecule has 0 aliphatic rings. The minimum atomic E-state index is -4.34. The van der Waals surface area contributed by atoms with Gasteiger partial charge in [-0.3, -0.25) is 9.78 Å². The summed E-state index contributed by atoms with van der Waals surface area (Å²) in [4.78, 5) is 23.3. The Hall–Kier alpha value is -2.45. The second-order valence-corrected chi connectivity index (χ2v) is 9.41. The molecule has 0 amide bonds. The van der Waals surface area contributed by atoms with Gasteiger partial charge in [0.1, 0.15) is 0 Å². The maximum Gasteiger partial charge on any atom is 0.416 e. The number of fused-ring (bicyclic) bond motifs is 1. The number of rotatable bonds is 8. The molecule has 3 aromatic rings. The van der Waals surface area contributed by atoms with Crippen LogP contribution in [0.5, 0.6) is 5.75 Å². The predicted octanol–water partition coefficient (Wildman–Crippen LogP) is 7.98. The fraction of sp³-hybridized carbons (Fsp3) is 0.292. The molecule has 1 heterocycles. The minimum absolute atomic E-state index is 0.308. The van der Waals surface area contributed by atoms with E-state index in [2.05, 4.69) is 0 Å². The summed E-state index contributed by atoms with van der Waals surface area (Å²) in [5.41, 5.74) is 1.08. The van der Waals surface area contributed by atoms with Crippen LogP contribution < -0.4 is 4.89 Å². The zero-order valence-electron chi connectivity index (χ0n) is 17.9. The Morgan fingerprint density at radius 1 is 1.16 bits per heavy atom. The average Bonchev–Trinajstić information content (AvgIpc) is 3.05. The summed E-state index contributed by atoms with van der Waals surface area (Å²) in [6.07, 6.45) is 0.615. The molecule has 8 heteroatoms. The fourth-order valence-corrected chi connectivity index (χ4v) is 4.95. The van der Waals surface area contributed by atoms with Gasteiger partial charge in [0.2, 0.25) is 0 Å². The quantitative estimate of drug-likeness (QED) is 0.186. The lowest BCUT2D eigenvalue weighted by Gasteiger charge is -2.08. The van der Waals surface area contributed by atoms with Crippen molar-refractivity contribution in [2.45, 2.75) is 44.7 Å². The van der Waals surface area contributed by atoms with Gasteiger partial charge in [-0.2, -0.15) is 13.2 Å². The third-order valence-electron chi connectivity index (χ3n) is 4.74. The number of carbonyl (C=O) groups is 1. The van der Waals surface area contributed by atoms with Gasteiger partial charge in [0.25, 0.3) is 0 Å². The van der Waals surface area contributed by atoms with Gasteiger partial charge in [0.15, 0.2) is 5.75 Å². The van der Waals surface area contributed by atoms with Crippen molar-refractivity contribution in [1.29, 1.82) is 0 Å². The first-order valence-electron chi connectivity index (χ1n) is 10.1. The molecule has 0 aliphatic carbocycles. The van der Waals surface area contributed by atoms with Gasteiger partial charge in [0.05, 0.1) is 5.56 Å². The smallest absolute Gasteiger partial charge is 0.287 e. The van der Waals surface area contributed by atoms with Crippen LogP contribution in [0.3, 0.4) is 0 Å². The number of alkyl halides is 3. The Morgan fingerprint density at radius 2 is 1.94 bits per heavy atom. The van der Waals surface area contributed by atoms with Gasteiger partial charge in [-0.15, -0.1) is 23.1 Å². The monoisotopic (exact) mass is 480 g/mol. The van der Waals surface area contributed by atoms with Gasteiger partial charge in [0, 0.05) is 26.6 Å². The Kier molecular flexibility index (Phi) is 7.90. The Bertz CT molecular complexity index is 1130. The molecule has 32 heavy (non-hydrogen) atoms. The molecule has 3 nitrogen and oxygen atoms in total. The molecule has 0 bridgehead atoms. The average molecular weight is 481 g/mol. The normalized spacial score (nSPS) is 11.9. The highest BCUT2D eigenvalue weighted by atomic mass is 32.2. The van der Waals surface area contributed by atoms with E-state index in [1.165, 1.54) is 23.5 Å². The molecule has 0 N–H and O–H groups in total. The van der Waals surface area contributed by atoms with Crippen LogP contribution in [0.15, 0.2) is 47.4 Å². The number of carbonyl (C=O) groups excluding carboxylic acids is 1. The first kappa shape index (κ1) is 24.2. The fourth-order valence-electron chi connectivity index (χ4n) is 3.02.